The van der Waals surface area contributed by atoms with Crippen LogP contribution in [0.1, 0.15) is 37.3 Å². The summed E-state index contributed by atoms with van der Waals surface area (Å²) < 4.78 is 8.30. The van der Waals surface area contributed by atoms with E-state index in [0.29, 0.717) is 6.54 Å². The minimum absolute atomic E-state index is 0. The first-order valence-electron chi connectivity index (χ1n) is 12.2. The summed E-state index contributed by atoms with van der Waals surface area (Å²) in [4.78, 5) is 18.6. The third kappa shape index (κ3) is 8.21. The molecule has 0 aliphatic rings. The quantitative estimate of drug-likeness (QED) is 0.183. The SMILES string of the molecule is CCCCC(Oc1ccc2c(ccc(=O)n2C)c1)N(CCc1cccnc1)Cc1ccccc1Cl.Cl.Cl. The van der Waals surface area contributed by atoms with Crippen LogP contribution in [0.15, 0.2) is 83.9 Å². The van der Waals surface area contributed by atoms with Gasteiger partial charge in [-0.25, -0.2) is 0 Å². The van der Waals surface area contributed by atoms with E-state index in [0.717, 1.165) is 59.5 Å². The molecule has 37 heavy (non-hydrogen) atoms. The number of aryl methyl sites for hydroxylation is 1. The predicted octanol–water partition coefficient (Wildman–Crippen LogP) is 7.07. The van der Waals surface area contributed by atoms with E-state index < -0.39 is 0 Å². The molecule has 0 saturated heterocycles. The predicted molar refractivity (Wildman–Crippen MR) is 157 cm³/mol. The highest BCUT2D eigenvalue weighted by Gasteiger charge is 2.21. The minimum atomic E-state index is -0.118. The number of pyridine rings is 2. The van der Waals surface area contributed by atoms with E-state index >= 15 is 0 Å². The molecule has 0 saturated carbocycles. The summed E-state index contributed by atoms with van der Waals surface area (Å²) in [5, 5.41) is 1.74. The maximum absolute atomic E-state index is 12.0. The summed E-state index contributed by atoms with van der Waals surface area (Å²) in [6.45, 7) is 3.70. The second-order valence-corrected chi connectivity index (χ2v) is 9.25. The number of hydrogen-bond acceptors (Lipinski definition) is 4. The highest BCUT2D eigenvalue weighted by atomic mass is 35.5. The van der Waals surface area contributed by atoms with Crippen molar-refractivity contribution in [3.63, 3.8) is 0 Å². The fraction of sp³-hybridized carbons (Fsp3) is 0.310. The fourth-order valence-corrected chi connectivity index (χ4v) is 4.47. The highest BCUT2D eigenvalue weighted by Crippen LogP contribution is 2.25. The van der Waals surface area contributed by atoms with Crippen LogP contribution in [0, 0.1) is 0 Å². The topological polar surface area (TPSA) is 47.4 Å². The number of benzene rings is 2. The molecular weight excluding hydrogens is 529 g/mol. The van der Waals surface area contributed by atoms with E-state index in [1.54, 1.807) is 23.9 Å². The standard InChI is InChI=1S/C29H32ClN3O2.2ClH/c1-3-4-11-29(35-25-13-14-27-23(19-25)12-15-28(34)32(27)2)33(18-16-22-8-7-17-31-20-22)21-24-9-5-6-10-26(24)30;;/h5-10,12-15,17,19-20,29H,3-4,11,16,18,21H2,1-2H3;2*1H. The second-order valence-electron chi connectivity index (χ2n) is 8.84. The molecule has 1 atom stereocenters. The van der Waals surface area contributed by atoms with Gasteiger partial charge in [0.25, 0.3) is 5.56 Å². The summed E-state index contributed by atoms with van der Waals surface area (Å²) in [6.07, 6.45) is 7.51. The lowest BCUT2D eigenvalue weighted by Crippen LogP contribution is -2.40. The van der Waals surface area contributed by atoms with E-state index in [4.69, 9.17) is 16.3 Å². The zero-order valence-corrected chi connectivity index (χ0v) is 23.6. The average Bonchev–Trinajstić information content (AvgIpc) is 2.88. The number of halogens is 3. The number of rotatable bonds is 11. The van der Waals surface area contributed by atoms with E-state index in [1.165, 1.54) is 5.56 Å². The lowest BCUT2D eigenvalue weighted by Gasteiger charge is -2.32. The number of unbranched alkanes of at least 4 members (excludes halogenated alkanes) is 1. The molecule has 0 amide bonds. The number of nitrogens with zero attached hydrogens (tertiary/aromatic N) is 3. The summed E-state index contributed by atoms with van der Waals surface area (Å²) in [6, 6.07) is 21.5. The van der Waals surface area contributed by atoms with Gasteiger partial charge in [-0.3, -0.25) is 14.7 Å². The van der Waals surface area contributed by atoms with Crippen molar-refractivity contribution in [1.29, 1.82) is 0 Å². The van der Waals surface area contributed by atoms with Crippen molar-refractivity contribution in [1.82, 2.24) is 14.5 Å². The number of hydrogen-bond donors (Lipinski definition) is 0. The molecule has 2 heterocycles. The molecular formula is C29H34Cl3N3O2. The van der Waals surface area contributed by atoms with Crippen LogP contribution in [0.3, 0.4) is 0 Å². The largest absolute Gasteiger partial charge is 0.475 e. The molecule has 0 spiro atoms. The van der Waals surface area contributed by atoms with Crippen LogP contribution < -0.4 is 10.3 Å². The molecule has 4 aromatic rings. The van der Waals surface area contributed by atoms with Crippen LogP contribution in [-0.2, 0) is 20.0 Å². The third-order valence-corrected chi connectivity index (χ3v) is 6.69. The van der Waals surface area contributed by atoms with Crippen LogP contribution in [0.25, 0.3) is 10.9 Å². The lowest BCUT2D eigenvalue weighted by molar-refractivity contribution is 0.0117. The van der Waals surface area contributed by atoms with Crippen molar-refractivity contribution in [2.75, 3.05) is 6.54 Å². The first kappa shape index (κ1) is 30.7. The van der Waals surface area contributed by atoms with E-state index in [1.807, 2.05) is 54.7 Å². The van der Waals surface area contributed by atoms with Crippen molar-refractivity contribution in [2.45, 2.75) is 45.4 Å². The normalized spacial score (nSPS) is 11.6. The summed E-state index contributed by atoms with van der Waals surface area (Å²) in [7, 11) is 1.79. The number of fused-ring (bicyclic) bond motifs is 1. The molecule has 0 radical (unpaired) electrons. The number of aromatic nitrogens is 2. The van der Waals surface area contributed by atoms with Gasteiger partial charge in [0.1, 0.15) is 5.75 Å². The smallest absolute Gasteiger partial charge is 0.250 e. The zero-order chi connectivity index (χ0) is 24.6. The van der Waals surface area contributed by atoms with E-state index in [2.05, 4.69) is 28.9 Å². The first-order chi connectivity index (χ1) is 17.0. The van der Waals surface area contributed by atoms with Gasteiger partial charge in [0.2, 0.25) is 0 Å². The van der Waals surface area contributed by atoms with E-state index in [9.17, 15) is 4.79 Å². The maximum atomic E-state index is 12.0. The Labute approximate surface area is 236 Å². The van der Waals surface area contributed by atoms with Crippen molar-refractivity contribution in [3.05, 3.63) is 106 Å². The minimum Gasteiger partial charge on any atom is -0.475 e. The van der Waals surface area contributed by atoms with Gasteiger partial charge in [0, 0.05) is 49.0 Å². The van der Waals surface area contributed by atoms with Gasteiger partial charge in [0.15, 0.2) is 6.23 Å². The highest BCUT2D eigenvalue weighted by molar-refractivity contribution is 6.31. The molecule has 0 aliphatic heterocycles. The molecule has 4 rings (SSSR count). The summed E-state index contributed by atoms with van der Waals surface area (Å²) in [5.74, 6) is 0.794. The molecule has 0 aliphatic carbocycles. The van der Waals surface area contributed by atoms with Gasteiger partial charge in [0.05, 0.1) is 5.52 Å². The molecule has 0 N–H and O–H groups in total. The van der Waals surface area contributed by atoms with Crippen LogP contribution in [0.5, 0.6) is 5.75 Å². The Bertz CT molecular complexity index is 1310. The van der Waals surface area contributed by atoms with Crippen LogP contribution in [0.2, 0.25) is 5.02 Å². The maximum Gasteiger partial charge on any atom is 0.250 e. The molecule has 2 aromatic carbocycles. The lowest BCUT2D eigenvalue weighted by atomic mass is 10.1. The molecule has 1 unspecified atom stereocenters. The fourth-order valence-electron chi connectivity index (χ4n) is 4.28. The molecule has 0 fully saturated rings. The molecule has 2 aromatic heterocycles. The molecule has 0 bridgehead atoms. The van der Waals surface area contributed by atoms with E-state index in [-0.39, 0.29) is 36.6 Å². The van der Waals surface area contributed by atoms with Crippen molar-refractivity contribution < 1.29 is 4.74 Å². The number of ether oxygens (including phenoxy) is 1. The molecule has 198 valence electrons. The van der Waals surface area contributed by atoms with Crippen LogP contribution >= 0.6 is 36.4 Å². The Morgan fingerprint density at radius 2 is 1.86 bits per heavy atom. The Hall–Kier alpha value is -2.57. The van der Waals surface area contributed by atoms with Crippen LogP contribution in [0.4, 0.5) is 0 Å². The third-order valence-electron chi connectivity index (χ3n) is 6.32. The Morgan fingerprint density at radius 3 is 2.59 bits per heavy atom. The molecule has 5 nitrogen and oxygen atoms in total. The Morgan fingerprint density at radius 1 is 1.05 bits per heavy atom. The summed E-state index contributed by atoms with van der Waals surface area (Å²) in [5.41, 5.74) is 3.14. The van der Waals surface area contributed by atoms with Crippen molar-refractivity contribution in [3.8, 4) is 5.75 Å². The second kappa shape index (κ2) is 15.0. The van der Waals surface area contributed by atoms with Crippen molar-refractivity contribution in [2.24, 2.45) is 7.05 Å². The average molecular weight is 563 g/mol. The Balaban J connectivity index is 0.00000241. The van der Waals surface area contributed by atoms with Crippen LogP contribution in [-0.4, -0.2) is 27.2 Å². The monoisotopic (exact) mass is 561 g/mol. The Kier molecular flexibility index (Phi) is 12.4. The van der Waals surface area contributed by atoms with Crippen molar-refractivity contribution >= 4 is 47.3 Å². The van der Waals surface area contributed by atoms with Gasteiger partial charge >= 0.3 is 0 Å². The van der Waals surface area contributed by atoms with Gasteiger partial charge in [-0.1, -0.05) is 49.2 Å². The zero-order valence-electron chi connectivity index (χ0n) is 21.2. The van der Waals surface area contributed by atoms with Gasteiger partial charge in [-0.15, -0.1) is 24.8 Å². The summed E-state index contributed by atoms with van der Waals surface area (Å²) >= 11 is 6.54. The molecule has 8 heteroatoms. The van der Waals surface area contributed by atoms with Gasteiger partial charge < -0.3 is 9.30 Å². The van der Waals surface area contributed by atoms with Gasteiger partial charge in [-0.2, -0.15) is 0 Å². The first-order valence-corrected chi connectivity index (χ1v) is 12.6. The van der Waals surface area contributed by atoms with Gasteiger partial charge in [-0.05, 0) is 66.8 Å².